The quantitative estimate of drug-likeness (QED) is 0.836. The highest BCUT2D eigenvalue weighted by Crippen LogP contribution is 2.28. The van der Waals surface area contributed by atoms with E-state index in [1.165, 1.54) is 12.1 Å². The Labute approximate surface area is 131 Å². The monoisotopic (exact) mass is 345 g/mol. The zero-order chi connectivity index (χ0) is 17.3. The fourth-order valence-corrected chi connectivity index (χ4v) is 2.63. The lowest BCUT2D eigenvalue weighted by Crippen LogP contribution is -2.30. The van der Waals surface area contributed by atoms with Gasteiger partial charge >= 0.3 is 6.18 Å². The molecule has 23 heavy (non-hydrogen) atoms. The number of sulfonamides is 1. The van der Waals surface area contributed by atoms with Gasteiger partial charge in [0.05, 0.1) is 10.5 Å². The number of nitrogens with one attached hydrogen (secondary N) is 2. The first-order chi connectivity index (χ1) is 10.6. The number of hydrazine groups is 1. The van der Waals surface area contributed by atoms with Crippen LogP contribution in [-0.4, -0.2) is 13.4 Å². The number of anilines is 1. The number of benzene rings is 1. The van der Waals surface area contributed by atoms with Crippen molar-refractivity contribution in [2.45, 2.75) is 24.9 Å². The molecule has 0 unspecified atom stereocenters. The number of alkyl halides is 3. The highest BCUT2D eigenvalue weighted by Gasteiger charge is 2.30. The molecule has 2 aromatic rings. The van der Waals surface area contributed by atoms with Crippen molar-refractivity contribution in [2.24, 2.45) is 0 Å². The van der Waals surface area contributed by atoms with Crippen LogP contribution in [0.5, 0.6) is 0 Å². The van der Waals surface area contributed by atoms with E-state index in [2.05, 4.69) is 15.2 Å². The van der Waals surface area contributed by atoms with Crippen molar-refractivity contribution >= 4 is 15.8 Å². The number of rotatable bonds is 4. The highest BCUT2D eigenvalue weighted by molar-refractivity contribution is 7.89. The molecule has 0 radical (unpaired) electrons. The Balaban J connectivity index is 2.11. The minimum Gasteiger partial charge on any atom is -0.292 e. The zero-order valence-corrected chi connectivity index (χ0v) is 13.1. The number of aryl methyl sites for hydroxylation is 2. The van der Waals surface area contributed by atoms with E-state index in [-0.39, 0.29) is 10.7 Å². The van der Waals surface area contributed by atoms with E-state index < -0.39 is 21.8 Å². The molecule has 1 aromatic heterocycles. The molecule has 5 nitrogen and oxygen atoms in total. The van der Waals surface area contributed by atoms with Crippen molar-refractivity contribution in [3.8, 4) is 0 Å². The van der Waals surface area contributed by atoms with Crippen LogP contribution in [0.25, 0.3) is 0 Å². The topological polar surface area (TPSA) is 71.1 Å². The molecule has 2 N–H and O–H groups in total. The Hall–Kier alpha value is -2.13. The third-order valence-corrected chi connectivity index (χ3v) is 4.44. The Morgan fingerprint density at radius 3 is 2.26 bits per heavy atom. The SMILES string of the molecule is Cc1ccc(S(=O)(=O)NNc2ccc(C(F)(F)F)cn2)cc1C. The summed E-state index contributed by atoms with van der Waals surface area (Å²) < 4.78 is 61.5. The van der Waals surface area contributed by atoms with Crippen LogP contribution < -0.4 is 10.3 Å². The van der Waals surface area contributed by atoms with Crippen LogP contribution in [0, 0.1) is 13.8 Å². The lowest BCUT2D eigenvalue weighted by atomic mass is 10.1. The van der Waals surface area contributed by atoms with Crippen molar-refractivity contribution < 1.29 is 21.6 Å². The van der Waals surface area contributed by atoms with E-state index in [4.69, 9.17) is 0 Å². The lowest BCUT2D eigenvalue weighted by Gasteiger charge is -2.11. The molecule has 0 saturated carbocycles. The summed E-state index contributed by atoms with van der Waals surface area (Å²) in [6.07, 6.45) is -3.88. The maximum absolute atomic E-state index is 12.4. The van der Waals surface area contributed by atoms with Gasteiger partial charge in [0.1, 0.15) is 5.82 Å². The summed E-state index contributed by atoms with van der Waals surface area (Å²) in [6.45, 7) is 3.63. The number of aromatic nitrogens is 1. The van der Waals surface area contributed by atoms with Gasteiger partial charge in [-0.15, -0.1) is 4.83 Å². The second kappa shape index (κ2) is 6.17. The summed E-state index contributed by atoms with van der Waals surface area (Å²) in [6, 6.07) is 6.44. The molecule has 9 heteroatoms. The molecule has 0 spiro atoms. The van der Waals surface area contributed by atoms with Gasteiger partial charge in [0.25, 0.3) is 10.0 Å². The van der Waals surface area contributed by atoms with E-state index in [0.29, 0.717) is 6.20 Å². The van der Waals surface area contributed by atoms with Crippen molar-refractivity contribution in [3.63, 3.8) is 0 Å². The fourth-order valence-electron chi connectivity index (χ4n) is 1.69. The number of nitrogens with zero attached hydrogens (tertiary/aromatic N) is 1. The third kappa shape index (κ3) is 4.20. The maximum atomic E-state index is 12.4. The normalized spacial score (nSPS) is 12.2. The summed E-state index contributed by atoms with van der Waals surface area (Å²) in [5.74, 6) is -0.0505. The molecule has 0 atom stereocenters. The highest BCUT2D eigenvalue weighted by atomic mass is 32.2. The van der Waals surface area contributed by atoms with Gasteiger partial charge < -0.3 is 0 Å². The van der Waals surface area contributed by atoms with Crippen LogP contribution in [0.2, 0.25) is 0 Å². The molecule has 0 bridgehead atoms. The molecule has 0 amide bonds. The molecule has 0 fully saturated rings. The van der Waals surface area contributed by atoms with Crippen LogP contribution in [0.4, 0.5) is 19.0 Å². The average molecular weight is 345 g/mol. The smallest absolute Gasteiger partial charge is 0.292 e. The summed E-state index contributed by atoms with van der Waals surface area (Å²) in [5, 5.41) is 0. The summed E-state index contributed by atoms with van der Waals surface area (Å²) in [4.78, 5) is 5.63. The van der Waals surface area contributed by atoms with Crippen LogP contribution in [0.1, 0.15) is 16.7 Å². The lowest BCUT2D eigenvalue weighted by molar-refractivity contribution is -0.137. The first-order valence-electron chi connectivity index (χ1n) is 6.48. The van der Waals surface area contributed by atoms with Crippen LogP contribution in [-0.2, 0) is 16.2 Å². The molecule has 0 saturated heterocycles. The van der Waals surface area contributed by atoms with Gasteiger partial charge in [0.2, 0.25) is 0 Å². The molecule has 124 valence electrons. The van der Waals surface area contributed by atoms with Gasteiger partial charge in [-0.2, -0.15) is 13.2 Å². The molecule has 0 aliphatic heterocycles. The molecular formula is C14H14F3N3O2S. The standard InChI is InChI=1S/C14H14F3N3O2S/c1-9-3-5-12(7-10(9)2)23(21,22)20-19-13-6-4-11(8-18-13)14(15,16)17/h3-8,20H,1-2H3,(H,18,19). The van der Waals surface area contributed by atoms with Gasteiger partial charge in [-0.25, -0.2) is 13.4 Å². The molecule has 2 rings (SSSR count). The Bertz CT molecular complexity index is 803. The number of pyridine rings is 1. The van der Waals surface area contributed by atoms with E-state index >= 15 is 0 Å². The van der Waals surface area contributed by atoms with Crippen molar-refractivity contribution in [2.75, 3.05) is 5.43 Å². The first kappa shape index (κ1) is 17.2. The summed E-state index contributed by atoms with van der Waals surface area (Å²) in [7, 11) is -3.86. The summed E-state index contributed by atoms with van der Waals surface area (Å²) in [5.41, 5.74) is 3.11. The minimum absolute atomic E-state index is 0.0417. The van der Waals surface area contributed by atoms with E-state index in [1.807, 2.05) is 6.92 Å². The van der Waals surface area contributed by atoms with Gasteiger partial charge in [-0.3, -0.25) is 5.43 Å². The van der Waals surface area contributed by atoms with Gasteiger partial charge in [0, 0.05) is 6.20 Å². The van der Waals surface area contributed by atoms with E-state index in [0.717, 1.165) is 23.3 Å². The third-order valence-electron chi connectivity index (χ3n) is 3.19. The maximum Gasteiger partial charge on any atom is 0.417 e. The fraction of sp³-hybridized carbons (Fsp3) is 0.214. The zero-order valence-electron chi connectivity index (χ0n) is 12.3. The second-order valence-corrected chi connectivity index (χ2v) is 6.59. The van der Waals surface area contributed by atoms with Crippen LogP contribution in [0.3, 0.4) is 0 Å². The van der Waals surface area contributed by atoms with Crippen LogP contribution in [0.15, 0.2) is 41.4 Å². The van der Waals surface area contributed by atoms with Crippen molar-refractivity contribution in [1.82, 2.24) is 9.82 Å². The predicted octanol–water partition coefficient (Wildman–Crippen LogP) is 3.02. The number of hydrogen-bond donors (Lipinski definition) is 2. The molecule has 1 aromatic carbocycles. The summed E-state index contributed by atoms with van der Waals surface area (Å²) >= 11 is 0. The number of halogens is 3. The Morgan fingerprint density at radius 2 is 1.74 bits per heavy atom. The van der Waals surface area contributed by atoms with E-state index in [9.17, 15) is 21.6 Å². The average Bonchev–Trinajstić information content (AvgIpc) is 2.47. The second-order valence-electron chi connectivity index (χ2n) is 4.91. The minimum atomic E-state index is -4.50. The van der Waals surface area contributed by atoms with Gasteiger partial charge in [-0.1, -0.05) is 6.07 Å². The van der Waals surface area contributed by atoms with Crippen molar-refractivity contribution in [1.29, 1.82) is 0 Å². The molecule has 1 heterocycles. The largest absolute Gasteiger partial charge is 0.417 e. The first-order valence-corrected chi connectivity index (χ1v) is 7.96. The molecule has 0 aliphatic carbocycles. The number of hydrogen-bond acceptors (Lipinski definition) is 4. The molecular weight excluding hydrogens is 331 g/mol. The Morgan fingerprint density at radius 1 is 1.04 bits per heavy atom. The van der Waals surface area contributed by atoms with Crippen molar-refractivity contribution in [3.05, 3.63) is 53.2 Å². The van der Waals surface area contributed by atoms with Gasteiger partial charge in [0.15, 0.2) is 0 Å². The van der Waals surface area contributed by atoms with Gasteiger partial charge in [-0.05, 0) is 49.2 Å². The van der Waals surface area contributed by atoms with Crippen LogP contribution >= 0.6 is 0 Å². The predicted molar refractivity (Wildman–Crippen MR) is 79.1 cm³/mol. The molecule has 0 aliphatic rings. The Kier molecular flexibility index (Phi) is 4.62. The van der Waals surface area contributed by atoms with E-state index in [1.54, 1.807) is 13.0 Å².